The minimum atomic E-state index is -0.0731. The molecule has 4 rings (SSSR count). The molecule has 1 N–H and O–H groups in total. The van der Waals surface area contributed by atoms with Gasteiger partial charge in [0.25, 0.3) is 0 Å². The number of anilines is 2. The lowest BCUT2D eigenvalue weighted by molar-refractivity contribution is -0.114. The lowest BCUT2D eigenvalue weighted by Gasteiger charge is -2.15. The smallest absolute Gasteiger partial charge is 0.243 e. The molecule has 2 heterocycles. The van der Waals surface area contributed by atoms with Gasteiger partial charge in [0.15, 0.2) is 10.8 Å². The standard InChI is InChI=1S/C24H27N5OS/c1-15(2)18-9-11-19(12-10-18)25-21(30)14-28(5)24-26-23-22(31-24)17(4)27-29(23)20-8-6-7-16(3)13-20/h6-13,15H,14H2,1-5H3,(H,25,30). The summed E-state index contributed by atoms with van der Waals surface area (Å²) in [4.78, 5) is 19.2. The first-order valence-corrected chi connectivity index (χ1v) is 11.2. The first-order valence-electron chi connectivity index (χ1n) is 10.4. The molecule has 4 aromatic rings. The molecule has 0 saturated carbocycles. The minimum absolute atomic E-state index is 0.0731. The number of amides is 1. The van der Waals surface area contributed by atoms with E-state index in [0.717, 1.165) is 32.5 Å². The molecule has 2 aromatic carbocycles. The van der Waals surface area contributed by atoms with Gasteiger partial charge >= 0.3 is 0 Å². The Morgan fingerprint density at radius 2 is 1.90 bits per heavy atom. The molecule has 0 aliphatic rings. The van der Waals surface area contributed by atoms with Crippen molar-refractivity contribution in [1.29, 1.82) is 0 Å². The van der Waals surface area contributed by atoms with E-state index in [-0.39, 0.29) is 12.5 Å². The summed E-state index contributed by atoms with van der Waals surface area (Å²) in [5.41, 5.74) is 5.97. The average Bonchev–Trinajstić information content (AvgIpc) is 3.29. The van der Waals surface area contributed by atoms with E-state index >= 15 is 0 Å². The fourth-order valence-electron chi connectivity index (χ4n) is 3.46. The number of rotatable bonds is 6. The maximum absolute atomic E-state index is 12.6. The molecule has 0 fully saturated rings. The number of nitrogens with zero attached hydrogens (tertiary/aromatic N) is 4. The van der Waals surface area contributed by atoms with E-state index < -0.39 is 0 Å². The van der Waals surface area contributed by atoms with Gasteiger partial charge in [-0.15, -0.1) is 0 Å². The van der Waals surface area contributed by atoms with Crippen LogP contribution in [0.25, 0.3) is 16.0 Å². The Morgan fingerprint density at radius 1 is 1.16 bits per heavy atom. The van der Waals surface area contributed by atoms with Crippen molar-refractivity contribution < 1.29 is 4.79 Å². The van der Waals surface area contributed by atoms with Crippen molar-refractivity contribution in [3.8, 4) is 5.69 Å². The van der Waals surface area contributed by atoms with Crippen LogP contribution < -0.4 is 10.2 Å². The molecular formula is C24H27N5OS. The van der Waals surface area contributed by atoms with Crippen molar-refractivity contribution in [2.45, 2.75) is 33.6 Å². The van der Waals surface area contributed by atoms with Gasteiger partial charge in [-0.25, -0.2) is 4.68 Å². The number of carbonyl (C=O) groups is 1. The summed E-state index contributed by atoms with van der Waals surface area (Å²) in [6, 6.07) is 16.2. The van der Waals surface area contributed by atoms with Crippen molar-refractivity contribution in [2.75, 3.05) is 23.8 Å². The third-order valence-corrected chi connectivity index (χ3v) is 6.46. The Labute approximate surface area is 186 Å². The number of hydrogen-bond donors (Lipinski definition) is 1. The van der Waals surface area contributed by atoms with Crippen LogP contribution in [0.2, 0.25) is 0 Å². The second-order valence-electron chi connectivity index (χ2n) is 8.17. The molecule has 0 unspecified atom stereocenters. The third kappa shape index (κ3) is 4.46. The first-order chi connectivity index (χ1) is 14.8. The van der Waals surface area contributed by atoms with Gasteiger partial charge in [-0.1, -0.05) is 49.4 Å². The molecule has 0 aliphatic carbocycles. The van der Waals surface area contributed by atoms with Crippen LogP contribution >= 0.6 is 11.3 Å². The van der Waals surface area contributed by atoms with Crippen molar-refractivity contribution in [2.24, 2.45) is 0 Å². The number of thiazole rings is 1. The van der Waals surface area contributed by atoms with E-state index in [1.807, 2.05) is 47.8 Å². The van der Waals surface area contributed by atoms with Crippen LogP contribution in [0.1, 0.15) is 36.6 Å². The summed E-state index contributed by atoms with van der Waals surface area (Å²) < 4.78 is 2.91. The van der Waals surface area contributed by atoms with Crippen LogP contribution in [0.15, 0.2) is 48.5 Å². The molecular weight excluding hydrogens is 406 g/mol. The molecule has 0 aliphatic heterocycles. The van der Waals surface area contributed by atoms with Gasteiger partial charge in [0.1, 0.15) is 0 Å². The summed E-state index contributed by atoms with van der Waals surface area (Å²) in [5, 5.41) is 8.43. The monoisotopic (exact) mass is 433 g/mol. The molecule has 0 radical (unpaired) electrons. The molecule has 0 atom stereocenters. The highest BCUT2D eigenvalue weighted by atomic mass is 32.1. The first kappa shape index (κ1) is 21.1. The fraction of sp³-hybridized carbons (Fsp3) is 0.292. The van der Waals surface area contributed by atoms with Crippen molar-refractivity contribution in [1.82, 2.24) is 14.8 Å². The van der Waals surface area contributed by atoms with Crippen LogP contribution in [0.3, 0.4) is 0 Å². The topological polar surface area (TPSA) is 63.1 Å². The number of aryl methyl sites for hydroxylation is 2. The Bertz CT molecular complexity index is 1220. The zero-order valence-electron chi connectivity index (χ0n) is 18.5. The molecule has 160 valence electrons. The van der Waals surface area contributed by atoms with Crippen LogP contribution in [0, 0.1) is 13.8 Å². The van der Waals surface area contributed by atoms with E-state index in [0.29, 0.717) is 5.92 Å². The van der Waals surface area contributed by atoms with E-state index in [1.54, 1.807) is 11.3 Å². The van der Waals surface area contributed by atoms with Crippen LogP contribution in [-0.4, -0.2) is 34.3 Å². The van der Waals surface area contributed by atoms with Crippen LogP contribution in [0.4, 0.5) is 10.8 Å². The number of fused-ring (bicyclic) bond motifs is 1. The summed E-state index contributed by atoms with van der Waals surface area (Å²) >= 11 is 1.56. The van der Waals surface area contributed by atoms with E-state index in [4.69, 9.17) is 4.98 Å². The number of benzene rings is 2. The molecule has 1 amide bonds. The van der Waals surface area contributed by atoms with Crippen molar-refractivity contribution in [3.05, 3.63) is 65.4 Å². The average molecular weight is 434 g/mol. The van der Waals surface area contributed by atoms with Crippen molar-refractivity contribution >= 4 is 38.4 Å². The van der Waals surface area contributed by atoms with Gasteiger partial charge in [-0.2, -0.15) is 10.1 Å². The Balaban J connectivity index is 1.50. The highest BCUT2D eigenvalue weighted by molar-refractivity contribution is 7.22. The van der Waals surface area contributed by atoms with Crippen molar-refractivity contribution in [3.63, 3.8) is 0 Å². The Hall–Kier alpha value is -3.19. The van der Waals surface area contributed by atoms with Gasteiger partial charge < -0.3 is 10.2 Å². The predicted molar refractivity (Wildman–Crippen MR) is 129 cm³/mol. The summed E-state index contributed by atoms with van der Waals surface area (Å²) in [6.45, 7) is 8.58. The zero-order valence-corrected chi connectivity index (χ0v) is 19.3. The minimum Gasteiger partial charge on any atom is -0.342 e. The quantitative estimate of drug-likeness (QED) is 0.448. The molecule has 7 heteroatoms. The lowest BCUT2D eigenvalue weighted by atomic mass is 10.0. The summed E-state index contributed by atoms with van der Waals surface area (Å²) in [6.07, 6.45) is 0. The van der Waals surface area contributed by atoms with Gasteiger partial charge in [-0.05, 0) is 55.2 Å². The van der Waals surface area contributed by atoms with E-state index in [9.17, 15) is 4.79 Å². The van der Waals surface area contributed by atoms with Gasteiger partial charge in [0, 0.05) is 12.7 Å². The van der Waals surface area contributed by atoms with E-state index in [1.165, 1.54) is 11.1 Å². The highest BCUT2D eigenvalue weighted by Gasteiger charge is 2.18. The second-order valence-corrected chi connectivity index (χ2v) is 9.14. The number of carbonyl (C=O) groups excluding carboxylic acids is 1. The maximum Gasteiger partial charge on any atom is 0.243 e. The number of aromatic nitrogens is 3. The fourth-order valence-corrected chi connectivity index (χ4v) is 4.41. The normalized spacial score (nSPS) is 11.3. The second kappa shape index (κ2) is 8.51. The molecule has 2 aromatic heterocycles. The zero-order chi connectivity index (χ0) is 22.1. The lowest BCUT2D eigenvalue weighted by Crippen LogP contribution is -2.30. The molecule has 31 heavy (non-hydrogen) atoms. The number of likely N-dealkylation sites (N-methyl/N-ethyl adjacent to an activating group) is 1. The molecule has 0 saturated heterocycles. The van der Waals surface area contributed by atoms with E-state index in [2.05, 4.69) is 55.5 Å². The van der Waals surface area contributed by atoms with Crippen LogP contribution in [0.5, 0.6) is 0 Å². The molecule has 0 spiro atoms. The highest BCUT2D eigenvalue weighted by Crippen LogP contribution is 2.32. The van der Waals surface area contributed by atoms with Crippen LogP contribution in [-0.2, 0) is 4.79 Å². The maximum atomic E-state index is 12.6. The largest absolute Gasteiger partial charge is 0.342 e. The predicted octanol–water partition coefficient (Wildman–Crippen LogP) is 5.30. The number of nitrogens with one attached hydrogen (secondary N) is 1. The number of hydrogen-bond acceptors (Lipinski definition) is 5. The van der Waals surface area contributed by atoms with Gasteiger partial charge in [0.05, 0.1) is 22.6 Å². The molecule has 0 bridgehead atoms. The Morgan fingerprint density at radius 3 is 2.58 bits per heavy atom. The third-order valence-electron chi connectivity index (χ3n) is 5.19. The Kier molecular flexibility index (Phi) is 5.78. The summed E-state index contributed by atoms with van der Waals surface area (Å²) in [7, 11) is 1.89. The van der Waals surface area contributed by atoms with Gasteiger partial charge in [0.2, 0.25) is 5.91 Å². The summed E-state index contributed by atoms with van der Waals surface area (Å²) in [5.74, 6) is 0.394. The van der Waals surface area contributed by atoms with Gasteiger partial charge in [-0.3, -0.25) is 4.79 Å². The molecule has 6 nitrogen and oxygen atoms in total. The SMILES string of the molecule is Cc1cccc(-n2nc(C)c3sc(N(C)CC(=O)Nc4ccc(C(C)C)cc4)nc32)c1.